The Hall–Kier alpha value is -5.46. The summed E-state index contributed by atoms with van der Waals surface area (Å²) in [5.41, 5.74) is 9.25. The maximum atomic E-state index is 13.5. The molecule has 6 rings (SSSR count). The Labute approximate surface area is 329 Å². The van der Waals surface area contributed by atoms with Gasteiger partial charge in [0.1, 0.15) is 23.5 Å². The summed E-state index contributed by atoms with van der Waals surface area (Å²) in [7, 11) is 2.85. The Kier molecular flexibility index (Phi) is 12.9. The molecule has 0 radical (unpaired) electrons. The predicted molar refractivity (Wildman–Crippen MR) is 215 cm³/mol. The predicted octanol–water partition coefficient (Wildman–Crippen LogP) is 6.94. The molecule has 2 aliphatic heterocycles. The van der Waals surface area contributed by atoms with Gasteiger partial charge in [-0.05, 0) is 135 Å². The van der Waals surface area contributed by atoms with Gasteiger partial charge in [0.2, 0.25) is 0 Å². The highest BCUT2D eigenvalue weighted by atomic mass is 16.5. The van der Waals surface area contributed by atoms with E-state index in [1.54, 1.807) is 24.5 Å². The van der Waals surface area contributed by atoms with Crippen LogP contribution in [0, 0.1) is 27.7 Å². The first-order chi connectivity index (χ1) is 27.0. The van der Waals surface area contributed by atoms with Gasteiger partial charge in [-0.3, -0.25) is 38.9 Å². The maximum Gasteiger partial charge on any atom is 0.323 e. The fraction of sp³-hybridized carbons (Fsp3) is 0.409. The Morgan fingerprint density at radius 1 is 0.643 bits per heavy atom. The summed E-state index contributed by atoms with van der Waals surface area (Å²) >= 11 is 0. The number of hydrogen-bond acceptors (Lipinski definition) is 10. The quantitative estimate of drug-likeness (QED) is 0.155. The molecule has 4 aromatic rings. The van der Waals surface area contributed by atoms with Crippen molar-refractivity contribution in [2.75, 3.05) is 37.9 Å². The number of hydrogen-bond donors (Lipinski definition) is 2. The molecular formula is C44H52N6O6. The molecule has 2 aliphatic rings. The number of piperidine rings is 2. The van der Waals surface area contributed by atoms with E-state index in [9.17, 15) is 19.2 Å². The van der Waals surface area contributed by atoms with Crippen molar-refractivity contribution in [2.24, 2.45) is 0 Å². The summed E-state index contributed by atoms with van der Waals surface area (Å²) in [6.45, 7) is 10.5. The van der Waals surface area contributed by atoms with Crippen molar-refractivity contribution in [1.82, 2.24) is 19.8 Å². The number of carbonyl (C=O) groups is 4. The van der Waals surface area contributed by atoms with Gasteiger partial charge in [0.15, 0.2) is 0 Å². The molecule has 2 amide bonds. The van der Waals surface area contributed by atoms with Crippen LogP contribution in [-0.2, 0) is 32.2 Å². The van der Waals surface area contributed by atoms with Gasteiger partial charge in [-0.2, -0.15) is 0 Å². The third kappa shape index (κ3) is 8.98. The Bertz CT molecular complexity index is 1970. The zero-order valence-electron chi connectivity index (χ0n) is 33.2. The molecule has 0 bridgehead atoms. The minimum absolute atomic E-state index is 0.217. The van der Waals surface area contributed by atoms with Crippen LogP contribution in [0.3, 0.4) is 0 Å². The number of carbonyl (C=O) groups excluding carboxylic acids is 4. The highest BCUT2D eigenvalue weighted by Crippen LogP contribution is 2.34. The molecular weight excluding hydrogens is 709 g/mol. The molecule has 2 saturated heterocycles. The van der Waals surface area contributed by atoms with Gasteiger partial charge in [0.25, 0.3) is 11.8 Å². The van der Waals surface area contributed by atoms with Crippen LogP contribution in [0.15, 0.2) is 60.9 Å². The largest absolute Gasteiger partial charge is 0.468 e. The standard InChI is InChI=1S/C44H52N6O6/c1-27-21-37(45-23-31(27)25-49-19-9-7-17-39(49)43(53)55-5)41(51)47-35-15-11-13-33(29(35)3)34-14-12-16-36(30(34)4)48-42(52)38-22-28(2)32(24-46-38)26-50-20-10-8-18-40(50)44(54)56-6/h11-16,21-24,39-40H,7-10,17-20,25-26H2,1-6H3,(H,47,51)(H,48,52)/t39-,40-/m1/s1. The Morgan fingerprint density at radius 3 is 1.43 bits per heavy atom. The van der Waals surface area contributed by atoms with Crippen LogP contribution < -0.4 is 10.6 Å². The monoisotopic (exact) mass is 760 g/mol. The highest BCUT2D eigenvalue weighted by molar-refractivity contribution is 6.05. The number of likely N-dealkylation sites (tertiary alicyclic amines) is 2. The van der Waals surface area contributed by atoms with Crippen molar-refractivity contribution in [1.29, 1.82) is 0 Å². The highest BCUT2D eigenvalue weighted by Gasteiger charge is 2.31. The first kappa shape index (κ1) is 40.2. The first-order valence-corrected chi connectivity index (χ1v) is 19.4. The number of aryl methyl sites for hydroxylation is 2. The van der Waals surface area contributed by atoms with Crippen molar-refractivity contribution in [3.63, 3.8) is 0 Å². The molecule has 0 spiro atoms. The second-order valence-corrected chi connectivity index (χ2v) is 14.9. The molecule has 294 valence electrons. The van der Waals surface area contributed by atoms with Crippen molar-refractivity contribution >= 4 is 35.1 Å². The van der Waals surface area contributed by atoms with E-state index in [4.69, 9.17) is 9.47 Å². The van der Waals surface area contributed by atoms with Crippen LogP contribution in [0.25, 0.3) is 11.1 Å². The maximum absolute atomic E-state index is 13.5. The van der Waals surface area contributed by atoms with Crippen molar-refractivity contribution in [2.45, 2.75) is 91.4 Å². The zero-order valence-corrected chi connectivity index (χ0v) is 33.2. The molecule has 56 heavy (non-hydrogen) atoms. The van der Waals surface area contributed by atoms with Crippen LogP contribution in [0.4, 0.5) is 11.4 Å². The lowest BCUT2D eigenvalue weighted by Crippen LogP contribution is -2.44. The number of rotatable bonds is 11. The average Bonchev–Trinajstić information content (AvgIpc) is 3.20. The molecule has 4 heterocycles. The van der Waals surface area contributed by atoms with Crippen LogP contribution in [0.5, 0.6) is 0 Å². The number of benzene rings is 2. The molecule has 0 aliphatic carbocycles. The van der Waals surface area contributed by atoms with Crippen LogP contribution >= 0.6 is 0 Å². The number of methoxy groups -OCH3 is 2. The van der Waals surface area contributed by atoms with E-state index in [1.165, 1.54) is 14.2 Å². The van der Waals surface area contributed by atoms with E-state index >= 15 is 0 Å². The van der Waals surface area contributed by atoms with E-state index in [0.717, 1.165) is 96.1 Å². The number of nitrogens with zero attached hydrogens (tertiary/aromatic N) is 4. The summed E-state index contributed by atoms with van der Waals surface area (Å²) in [6, 6.07) is 14.5. The molecule has 0 saturated carbocycles. The topological polar surface area (TPSA) is 143 Å². The van der Waals surface area contributed by atoms with Gasteiger partial charge in [-0.25, -0.2) is 0 Å². The zero-order chi connectivity index (χ0) is 39.9. The van der Waals surface area contributed by atoms with Crippen molar-refractivity contribution in [3.05, 3.63) is 106 Å². The number of aromatic nitrogens is 2. The summed E-state index contributed by atoms with van der Waals surface area (Å²) in [5, 5.41) is 6.10. The number of anilines is 2. The van der Waals surface area contributed by atoms with Crippen LogP contribution in [0.1, 0.15) is 92.9 Å². The lowest BCUT2D eigenvalue weighted by molar-refractivity contribution is -0.149. The lowest BCUT2D eigenvalue weighted by Gasteiger charge is -2.33. The van der Waals surface area contributed by atoms with E-state index in [0.29, 0.717) is 35.9 Å². The summed E-state index contributed by atoms with van der Waals surface area (Å²) in [6.07, 6.45) is 9.00. The molecule has 2 fully saturated rings. The second kappa shape index (κ2) is 18.0. The normalized spacial score (nSPS) is 17.5. The van der Waals surface area contributed by atoms with Gasteiger partial charge in [0, 0.05) is 36.9 Å². The van der Waals surface area contributed by atoms with Crippen LogP contribution in [0.2, 0.25) is 0 Å². The summed E-state index contributed by atoms with van der Waals surface area (Å²) in [5.74, 6) is -1.08. The van der Waals surface area contributed by atoms with E-state index < -0.39 is 0 Å². The van der Waals surface area contributed by atoms with E-state index in [1.807, 2.05) is 64.1 Å². The summed E-state index contributed by atoms with van der Waals surface area (Å²) in [4.78, 5) is 65.0. The molecule has 2 aromatic heterocycles. The molecule has 2 N–H and O–H groups in total. The van der Waals surface area contributed by atoms with Crippen molar-refractivity contribution < 1.29 is 28.7 Å². The number of pyridine rings is 2. The Balaban J connectivity index is 1.13. The van der Waals surface area contributed by atoms with Gasteiger partial charge in [-0.15, -0.1) is 0 Å². The van der Waals surface area contributed by atoms with Gasteiger partial charge in [-0.1, -0.05) is 37.1 Å². The van der Waals surface area contributed by atoms with Gasteiger partial charge >= 0.3 is 11.9 Å². The van der Waals surface area contributed by atoms with E-state index in [2.05, 4.69) is 30.4 Å². The SMILES string of the molecule is COC(=O)[C@H]1CCCCN1Cc1cnc(C(=O)Nc2cccc(-c3cccc(NC(=O)c4cc(C)c(CN5CCCC[C@@H]5C(=O)OC)cn4)c3C)c2C)cc1C. The molecule has 0 unspecified atom stereocenters. The third-order valence-electron chi connectivity index (χ3n) is 11.3. The summed E-state index contributed by atoms with van der Waals surface area (Å²) < 4.78 is 10.1. The molecule has 2 atom stereocenters. The first-order valence-electron chi connectivity index (χ1n) is 19.4. The second-order valence-electron chi connectivity index (χ2n) is 14.9. The third-order valence-corrected chi connectivity index (χ3v) is 11.3. The lowest BCUT2D eigenvalue weighted by atomic mass is 9.94. The number of esters is 2. The smallest absolute Gasteiger partial charge is 0.323 e. The minimum atomic E-state index is -0.323. The molecule has 12 heteroatoms. The fourth-order valence-corrected chi connectivity index (χ4v) is 7.85. The number of ether oxygens (including phenoxy) is 2. The number of nitrogens with one attached hydrogen (secondary N) is 2. The van der Waals surface area contributed by atoms with Gasteiger partial charge in [0.05, 0.1) is 14.2 Å². The fourth-order valence-electron chi connectivity index (χ4n) is 7.85. The van der Waals surface area contributed by atoms with E-state index in [-0.39, 0.29) is 35.8 Å². The minimum Gasteiger partial charge on any atom is -0.468 e. The number of amides is 2. The average molecular weight is 761 g/mol. The Morgan fingerprint density at radius 2 is 1.05 bits per heavy atom. The van der Waals surface area contributed by atoms with Crippen LogP contribution in [-0.4, -0.2) is 82.9 Å². The van der Waals surface area contributed by atoms with Crippen molar-refractivity contribution in [3.8, 4) is 11.1 Å². The molecule has 12 nitrogen and oxygen atoms in total. The van der Waals surface area contributed by atoms with Gasteiger partial charge < -0.3 is 20.1 Å². The molecule has 2 aromatic carbocycles.